The topological polar surface area (TPSA) is 52.6 Å². The fourth-order valence-electron chi connectivity index (χ4n) is 3.62. The van der Waals surface area contributed by atoms with Gasteiger partial charge >= 0.3 is 0 Å². The normalized spacial score (nSPS) is 19.2. The average molecular weight is 345 g/mol. The van der Waals surface area contributed by atoms with Gasteiger partial charge in [0.15, 0.2) is 11.6 Å². The molecule has 1 aromatic rings. The van der Waals surface area contributed by atoms with E-state index in [1.165, 1.54) is 25.7 Å². The van der Waals surface area contributed by atoms with Crippen molar-refractivity contribution in [2.45, 2.75) is 46.0 Å². The molecule has 0 unspecified atom stereocenters. The molecule has 3 rings (SSSR count). The van der Waals surface area contributed by atoms with E-state index >= 15 is 0 Å². The lowest BCUT2D eigenvalue weighted by molar-refractivity contribution is -0.132. The van der Waals surface area contributed by atoms with Gasteiger partial charge in [-0.05, 0) is 30.9 Å². The molecule has 2 aliphatic heterocycles. The van der Waals surface area contributed by atoms with Crippen LogP contribution in [0, 0.1) is 5.92 Å². The van der Waals surface area contributed by atoms with E-state index in [4.69, 9.17) is 0 Å². The van der Waals surface area contributed by atoms with Gasteiger partial charge in [0.2, 0.25) is 5.91 Å². The van der Waals surface area contributed by atoms with Gasteiger partial charge in [-0.1, -0.05) is 26.7 Å². The first-order chi connectivity index (χ1) is 12.1. The summed E-state index contributed by atoms with van der Waals surface area (Å²) in [6.45, 7) is 9.59. The van der Waals surface area contributed by atoms with Gasteiger partial charge in [-0.15, -0.1) is 10.2 Å². The molecule has 6 heteroatoms. The van der Waals surface area contributed by atoms with Crippen LogP contribution in [-0.4, -0.2) is 60.3 Å². The van der Waals surface area contributed by atoms with Gasteiger partial charge in [0.1, 0.15) is 0 Å². The van der Waals surface area contributed by atoms with Crippen molar-refractivity contribution >= 4 is 17.5 Å². The Morgan fingerprint density at radius 2 is 1.40 bits per heavy atom. The molecule has 0 bridgehead atoms. The Balaban J connectivity index is 1.54. The van der Waals surface area contributed by atoms with Crippen molar-refractivity contribution in [1.82, 2.24) is 15.1 Å². The average Bonchev–Trinajstić information content (AvgIpc) is 2.91. The van der Waals surface area contributed by atoms with Gasteiger partial charge in [0.05, 0.1) is 0 Å². The molecule has 2 fully saturated rings. The minimum absolute atomic E-state index is 0.275. The molecule has 0 radical (unpaired) electrons. The second kappa shape index (κ2) is 8.50. The predicted molar refractivity (Wildman–Crippen MR) is 101 cm³/mol. The second-order valence-corrected chi connectivity index (χ2v) is 7.62. The van der Waals surface area contributed by atoms with Crippen LogP contribution in [-0.2, 0) is 4.79 Å². The van der Waals surface area contributed by atoms with E-state index < -0.39 is 0 Å². The molecule has 0 aromatic carbocycles. The van der Waals surface area contributed by atoms with Crippen LogP contribution in [0.5, 0.6) is 0 Å². The van der Waals surface area contributed by atoms with Crippen LogP contribution in [0.2, 0.25) is 0 Å². The lowest BCUT2D eigenvalue weighted by atomic mass is 10.1. The first kappa shape index (κ1) is 18.0. The summed E-state index contributed by atoms with van der Waals surface area (Å²) >= 11 is 0. The van der Waals surface area contributed by atoms with E-state index in [-0.39, 0.29) is 5.91 Å². The molecular formula is C19H31N5O. The van der Waals surface area contributed by atoms with Gasteiger partial charge in [-0.3, -0.25) is 4.79 Å². The summed E-state index contributed by atoms with van der Waals surface area (Å²) in [5.74, 6) is 2.62. The summed E-state index contributed by atoms with van der Waals surface area (Å²) in [6.07, 6.45) is 5.78. The summed E-state index contributed by atoms with van der Waals surface area (Å²) in [5.41, 5.74) is 0. The smallest absolute Gasteiger partial charge is 0.222 e. The summed E-state index contributed by atoms with van der Waals surface area (Å²) in [7, 11) is 0. The van der Waals surface area contributed by atoms with Crippen LogP contribution in [0.3, 0.4) is 0 Å². The fourth-order valence-corrected chi connectivity index (χ4v) is 3.62. The van der Waals surface area contributed by atoms with Crippen molar-refractivity contribution < 1.29 is 4.79 Å². The highest BCUT2D eigenvalue weighted by atomic mass is 16.2. The van der Waals surface area contributed by atoms with Gasteiger partial charge in [-0.2, -0.15) is 0 Å². The van der Waals surface area contributed by atoms with Crippen LogP contribution < -0.4 is 9.80 Å². The Labute approximate surface area is 151 Å². The van der Waals surface area contributed by atoms with Crippen LogP contribution >= 0.6 is 0 Å². The maximum Gasteiger partial charge on any atom is 0.222 e. The molecule has 0 atom stereocenters. The first-order valence-corrected chi connectivity index (χ1v) is 9.75. The molecule has 0 N–H and O–H groups in total. The van der Waals surface area contributed by atoms with E-state index in [9.17, 15) is 4.79 Å². The Bertz CT molecular complexity index is 543. The third kappa shape index (κ3) is 4.83. The molecule has 6 nitrogen and oxygen atoms in total. The van der Waals surface area contributed by atoms with Crippen LogP contribution in [0.4, 0.5) is 11.6 Å². The predicted octanol–water partition coefficient (Wildman–Crippen LogP) is 2.55. The molecule has 1 aromatic heterocycles. The zero-order chi connectivity index (χ0) is 17.6. The third-order valence-corrected chi connectivity index (χ3v) is 5.11. The van der Waals surface area contributed by atoms with Crippen LogP contribution in [0.25, 0.3) is 0 Å². The highest BCUT2D eigenvalue weighted by molar-refractivity contribution is 5.76. The number of piperazine rings is 1. The fraction of sp³-hybridized carbons (Fsp3) is 0.737. The standard InChI is InChI=1S/C19H31N5O/c1-16(2)15-19(25)24-13-11-23(12-14-24)18-8-7-17(20-21-18)22-9-5-3-4-6-10-22/h7-8,16H,3-6,9-15H2,1-2H3. The van der Waals surface area contributed by atoms with Crippen LogP contribution in [0.15, 0.2) is 12.1 Å². The monoisotopic (exact) mass is 345 g/mol. The van der Waals surface area contributed by atoms with E-state index in [0.717, 1.165) is 50.9 Å². The summed E-state index contributed by atoms with van der Waals surface area (Å²) in [6, 6.07) is 4.18. The third-order valence-electron chi connectivity index (χ3n) is 5.11. The maximum atomic E-state index is 12.2. The molecule has 0 spiro atoms. The SMILES string of the molecule is CC(C)CC(=O)N1CCN(c2ccc(N3CCCCCC3)nn2)CC1. The minimum Gasteiger partial charge on any atom is -0.355 e. The highest BCUT2D eigenvalue weighted by Crippen LogP contribution is 2.20. The van der Waals surface area contributed by atoms with E-state index in [0.29, 0.717) is 12.3 Å². The van der Waals surface area contributed by atoms with Crippen molar-refractivity contribution in [3.8, 4) is 0 Å². The number of carbonyl (C=O) groups is 1. The molecule has 2 aliphatic rings. The zero-order valence-corrected chi connectivity index (χ0v) is 15.7. The van der Waals surface area contributed by atoms with Gasteiger partial charge in [0.25, 0.3) is 0 Å². The number of hydrogen-bond donors (Lipinski definition) is 0. The zero-order valence-electron chi connectivity index (χ0n) is 15.7. The molecule has 3 heterocycles. The Kier molecular flexibility index (Phi) is 6.10. The maximum absolute atomic E-state index is 12.2. The largest absolute Gasteiger partial charge is 0.355 e. The van der Waals surface area contributed by atoms with Crippen molar-refractivity contribution in [3.63, 3.8) is 0 Å². The minimum atomic E-state index is 0.275. The quantitative estimate of drug-likeness (QED) is 0.839. The lowest BCUT2D eigenvalue weighted by Gasteiger charge is -2.35. The number of nitrogens with zero attached hydrogens (tertiary/aromatic N) is 5. The van der Waals surface area contributed by atoms with Gasteiger partial charge < -0.3 is 14.7 Å². The summed E-state index contributed by atoms with van der Waals surface area (Å²) in [5, 5.41) is 8.92. The van der Waals surface area contributed by atoms with Crippen molar-refractivity contribution in [2.75, 3.05) is 49.1 Å². The number of anilines is 2. The number of carbonyl (C=O) groups excluding carboxylic acids is 1. The van der Waals surface area contributed by atoms with Crippen LogP contribution in [0.1, 0.15) is 46.0 Å². The molecule has 138 valence electrons. The number of amides is 1. The highest BCUT2D eigenvalue weighted by Gasteiger charge is 2.22. The second-order valence-electron chi connectivity index (χ2n) is 7.62. The number of rotatable bonds is 4. The molecule has 0 saturated carbocycles. The summed E-state index contributed by atoms with van der Waals surface area (Å²) < 4.78 is 0. The molecule has 25 heavy (non-hydrogen) atoms. The van der Waals surface area contributed by atoms with Crippen molar-refractivity contribution in [1.29, 1.82) is 0 Å². The van der Waals surface area contributed by atoms with Crippen molar-refractivity contribution in [3.05, 3.63) is 12.1 Å². The number of hydrogen-bond acceptors (Lipinski definition) is 5. The molecule has 0 aliphatic carbocycles. The Morgan fingerprint density at radius 1 is 0.880 bits per heavy atom. The Morgan fingerprint density at radius 3 is 1.88 bits per heavy atom. The lowest BCUT2D eigenvalue weighted by Crippen LogP contribution is -2.49. The molecule has 1 amide bonds. The van der Waals surface area contributed by atoms with E-state index in [1.54, 1.807) is 0 Å². The number of aromatic nitrogens is 2. The first-order valence-electron chi connectivity index (χ1n) is 9.75. The summed E-state index contributed by atoms with van der Waals surface area (Å²) in [4.78, 5) is 18.7. The molecule has 2 saturated heterocycles. The molecular weight excluding hydrogens is 314 g/mol. The van der Waals surface area contributed by atoms with Gasteiger partial charge in [0, 0.05) is 45.7 Å². The van der Waals surface area contributed by atoms with E-state index in [1.807, 2.05) is 4.90 Å². The van der Waals surface area contributed by atoms with Gasteiger partial charge in [-0.25, -0.2) is 0 Å². The van der Waals surface area contributed by atoms with Crippen molar-refractivity contribution in [2.24, 2.45) is 5.92 Å². The van der Waals surface area contributed by atoms with E-state index in [2.05, 4.69) is 46.0 Å². The Hall–Kier alpha value is -1.85.